The number of fused-ring (bicyclic) bond motifs is 1. The number of ether oxygens (including phenoxy) is 1. The first kappa shape index (κ1) is 25.6. The molecule has 0 saturated carbocycles. The molecule has 2 N–H and O–H groups in total. The number of benzene rings is 2. The largest absolute Gasteiger partial charge is 0.494 e. The Morgan fingerprint density at radius 1 is 1.25 bits per heavy atom. The highest BCUT2D eigenvalue weighted by Gasteiger charge is 2.27. The van der Waals surface area contributed by atoms with Crippen molar-refractivity contribution in [3.63, 3.8) is 0 Å². The number of hydrogen-bond acceptors (Lipinski definition) is 8. The third-order valence-corrected chi connectivity index (χ3v) is 6.64. The van der Waals surface area contributed by atoms with Gasteiger partial charge in [-0.05, 0) is 61.3 Å². The summed E-state index contributed by atoms with van der Waals surface area (Å²) in [6.45, 7) is 0.613. The number of nitrogens with one attached hydrogen (secondary N) is 2. The van der Waals surface area contributed by atoms with Crippen molar-refractivity contribution in [3.8, 4) is 17.0 Å². The Hall–Kier alpha value is -3.45. The summed E-state index contributed by atoms with van der Waals surface area (Å²) in [7, 11) is 9.05. The van der Waals surface area contributed by atoms with Gasteiger partial charge >= 0.3 is 0 Å². The van der Waals surface area contributed by atoms with Crippen LogP contribution >= 0.6 is 22.6 Å². The molecule has 188 valence electrons. The Morgan fingerprint density at radius 3 is 2.69 bits per heavy atom. The first-order chi connectivity index (χ1) is 17.2. The van der Waals surface area contributed by atoms with Crippen LogP contribution < -0.4 is 15.4 Å². The molecule has 4 aromatic rings. The van der Waals surface area contributed by atoms with Crippen molar-refractivity contribution in [2.24, 2.45) is 7.05 Å². The normalized spacial score (nSPS) is 11.2. The maximum absolute atomic E-state index is 12.1. The van der Waals surface area contributed by atoms with Gasteiger partial charge in [0.1, 0.15) is 11.4 Å². The van der Waals surface area contributed by atoms with E-state index in [2.05, 4.69) is 61.0 Å². The maximum Gasteiger partial charge on any atom is 0.297 e. The van der Waals surface area contributed by atoms with E-state index >= 15 is 0 Å². The first-order valence-electron chi connectivity index (χ1n) is 11.3. The van der Waals surface area contributed by atoms with Crippen molar-refractivity contribution in [1.29, 1.82) is 0 Å². The van der Waals surface area contributed by atoms with Crippen LogP contribution in [0.15, 0.2) is 42.7 Å². The predicted octanol–water partition coefficient (Wildman–Crippen LogP) is 5.05. The van der Waals surface area contributed by atoms with Gasteiger partial charge in [-0.3, -0.25) is 10.1 Å². The standard InChI is InChI=1S/C25H28IN7O3/c1-27-20-13-22(36-5)23(17(9-11-31(2)3)24(20)33(34)35)30-25-28-10-8-19(29-25)18-14-32(4)21-12-15(26)6-7-16(18)21/h6-8,10,12-14,27H,9,11H2,1-5H3,(H,28,29,30). The minimum atomic E-state index is -0.365. The number of halogens is 1. The van der Waals surface area contributed by atoms with Crippen LogP contribution in [0.3, 0.4) is 0 Å². The van der Waals surface area contributed by atoms with Gasteiger partial charge in [-0.2, -0.15) is 0 Å². The van der Waals surface area contributed by atoms with Crippen molar-refractivity contribution in [3.05, 3.63) is 62.0 Å². The summed E-state index contributed by atoms with van der Waals surface area (Å²) in [5, 5.41) is 19.3. The van der Waals surface area contributed by atoms with Gasteiger partial charge in [-0.15, -0.1) is 0 Å². The van der Waals surface area contributed by atoms with E-state index in [1.807, 2.05) is 38.3 Å². The zero-order chi connectivity index (χ0) is 26.0. The number of nitro benzene ring substituents is 1. The summed E-state index contributed by atoms with van der Waals surface area (Å²) in [5.41, 5.74) is 4.22. The summed E-state index contributed by atoms with van der Waals surface area (Å²) in [5.74, 6) is 0.790. The zero-order valence-electron chi connectivity index (χ0n) is 20.8. The SMILES string of the molecule is CNc1cc(OC)c(Nc2nccc(-c3cn(C)c4cc(I)ccc34)n2)c(CCN(C)C)c1[N+](=O)[O-]. The Kier molecular flexibility index (Phi) is 7.59. The molecule has 0 aliphatic carbocycles. The lowest BCUT2D eigenvalue weighted by molar-refractivity contribution is -0.384. The lowest BCUT2D eigenvalue weighted by Gasteiger charge is -2.19. The van der Waals surface area contributed by atoms with E-state index in [1.54, 1.807) is 19.3 Å². The van der Waals surface area contributed by atoms with Gasteiger partial charge in [0.25, 0.3) is 5.69 Å². The van der Waals surface area contributed by atoms with Crippen molar-refractivity contribution in [2.75, 3.05) is 45.4 Å². The van der Waals surface area contributed by atoms with E-state index < -0.39 is 0 Å². The monoisotopic (exact) mass is 601 g/mol. The summed E-state index contributed by atoms with van der Waals surface area (Å²) in [6.07, 6.45) is 4.15. The van der Waals surface area contributed by atoms with Gasteiger partial charge in [0, 0.05) is 59.1 Å². The fourth-order valence-electron chi connectivity index (χ4n) is 4.22. The smallest absolute Gasteiger partial charge is 0.297 e. The second-order valence-corrected chi connectivity index (χ2v) is 9.84. The van der Waals surface area contributed by atoms with Crippen molar-refractivity contribution >= 4 is 56.5 Å². The van der Waals surface area contributed by atoms with E-state index in [1.165, 1.54) is 7.11 Å². The number of aryl methyl sites for hydroxylation is 1. The quantitative estimate of drug-likeness (QED) is 0.156. The summed E-state index contributed by atoms with van der Waals surface area (Å²) < 4.78 is 8.86. The molecule has 36 heavy (non-hydrogen) atoms. The molecule has 2 aromatic carbocycles. The molecule has 0 aliphatic rings. The molecule has 2 aromatic heterocycles. The average molecular weight is 601 g/mol. The molecule has 0 amide bonds. The van der Waals surface area contributed by atoms with Gasteiger partial charge in [0.2, 0.25) is 5.95 Å². The molecule has 2 heterocycles. The number of methoxy groups -OCH3 is 1. The Labute approximate surface area is 223 Å². The highest BCUT2D eigenvalue weighted by molar-refractivity contribution is 14.1. The predicted molar refractivity (Wildman–Crippen MR) is 151 cm³/mol. The number of likely N-dealkylation sites (N-methyl/N-ethyl adjacent to an activating group) is 1. The first-order valence-corrected chi connectivity index (χ1v) is 12.4. The van der Waals surface area contributed by atoms with E-state index in [-0.39, 0.29) is 10.6 Å². The number of aromatic nitrogens is 3. The van der Waals surface area contributed by atoms with Crippen LogP contribution in [-0.4, -0.2) is 59.2 Å². The molecule has 0 saturated heterocycles. The number of nitro groups is 1. The molecule has 0 fully saturated rings. The van der Waals surface area contributed by atoms with Gasteiger partial charge in [-0.1, -0.05) is 6.07 Å². The van der Waals surface area contributed by atoms with Crippen LogP contribution in [0, 0.1) is 13.7 Å². The van der Waals surface area contributed by atoms with Gasteiger partial charge in [0.15, 0.2) is 0 Å². The molecule has 0 radical (unpaired) electrons. The van der Waals surface area contributed by atoms with Crippen molar-refractivity contribution in [2.45, 2.75) is 6.42 Å². The summed E-state index contributed by atoms with van der Waals surface area (Å²) in [4.78, 5) is 22.9. The Balaban J connectivity index is 1.82. The third kappa shape index (κ3) is 5.07. The van der Waals surface area contributed by atoms with Crippen LogP contribution in [0.5, 0.6) is 5.75 Å². The van der Waals surface area contributed by atoms with E-state index in [9.17, 15) is 10.1 Å². The number of hydrogen-bond donors (Lipinski definition) is 2. The summed E-state index contributed by atoms with van der Waals surface area (Å²) >= 11 is 2.30. The minimum Gasteiger partial charge on any atom is -0.494 e. The van der Waals surface area contributed by atoms with Crippen LogP contribution in [0.2, 0.25) is 0 Å². The zero-order valence-corrected chi connectivity index (χ0v) is 23.0. The molecule has 0 atom stereocenters. The average Bonchev–Trinajstić information content (AvgIpc) is 3.18. The highest BCUT2D eigenvalue weighted by Crippen LogP contribution is 2.42. The third-order valence-electron chi connectivity index (χ3n) is 5.97. The molecule has 0 bridgehead atoms. The van der Waals surface area contributed by atoms with Crippen LogP contribution in [0.4, 0.5) is 23.0 Å². The molecule has 0 aliphatic heterocycles. The fraction of sp³-hybridized carbons (Fsp3) is 0.280. The lowest BCUT2D eigenvalue weighted by Crippen LogP contribution is -2.17. The maximum atomic E-state index is 12.1. The molecule has 11 heteroatoms. The van der Waals surface area contributed by atoms with Crippen LogP contribution in [0.25, 0.3) is 22.2 Å². The molecule has 0 unspecified atom stereocenters. The van der Waals surface area contributed by atoms with Crippen molar-refractivity contribution < 1.29 is 9.66 Å². The minimum absolute atomic E-state index is 0.00228. The number of nitrogens with zero attached hydrogens (tertiary/aromatic N) is 5. The lowest BCUT2D eigenvalue weighted by atomic mass is 10.0. The van der Waals surface area contributed by atoms with Crippen LogP contribution in [-0.2, 0) is 13.5 Å². The topological polar surface area (TPSA) is 110 Å². The highest BCUT2D eigenvalue weighted by atomic mass is 127. The number of anilines is 3. The van der Waals surface area contributed by atoms with Gasteiger partial charge in [-0.25, -0.2) is 9.97 Å². The van der Waals surface area contributed by atoms with E-state index in [4.69, 9.17) is 9.72 Å². The molecule has 4 rings (SSSR count). The van der Waals surface area contributed by atoms with Gasteiger partial charge in [0.05, 0.1) is 29.0 Å². The fourth-order valence-corrected chi connectivity index (χ4v) is 4.69. The molecular formula is C25H28IN7O3. The second-order valence-electron chi connectivity index (χ2n) is 8.59. The Morgan fingerprint density at radius 2 is 2.03 bits per heavy atom. The molecule has 10 nitrogen and oxygen atoms in total. The van der Waals surface area contributed by atoms with E-state index in [0.29, 0.717) is 41.6 Å². The number of rotatable bonds is 9. The van der Waals surface area contributed by atoms with E-state index in [0.717, 1.165) is 25.7 Å². The second kappa shape index (κ2) is 10.7. The van der Waals surface area contributed by atoms with Gasteiger partial charge < -0.3 is 24.8 Å². The van der Waals surface area contributed by atoms with Crippen LogP contribution in [0.1, 0.15) is 5.56 Å². The molecule has 0 spiro atoms. The molecular weight excluding hydrogens is 573 g/mol. The summed E-state index contributed by atoms with van der Waals surface area (Å²) in [6, 6.07) is 9.76. The van der Waals surface area contributed by atoms with Crippen molar-refractivity contribution in [1.82, 2.24) is 19.4 Å². The Bertz CT molecular complexity index is 1440.